The van der Waals surface area contributed by atoms with Crippen LogP contribution in [-0.4, -0.2) is 171 Å². The van der Waals surface area contributed by atoms with Crippen molar-refractivity contribution in [1.82, 2.24) is 5.32 Å². The van der Waals surface area contributed by atoms with Gasteiger partial charge in [0, 0.05) is 38.6 Å². The normalized spacial score (nSPS) is 26.5. The van der Waals surface area contributed by atoms with Crippen molar-refractivity contribution in [3.8, 4) is 0 Å². The van der Waals surface area contributed by atoms with E-state index in [0.717, 1.165) is 0 Å². The Morgan fingerprint density at radius 2 is 1.18 bits per heavy atom. The van der Waals surface area contributed by atoms with Crippen LogP contribution in [0.1, 0.15) is 105 Å². The van der Waals surface area contributed by atoms with Crippen LogP contribution in [0, 0.1) is 5.92 Å². The zero-order chi connectivity index (χ0) is 42.5. The highest BCUT2D eigenvalue weighted by molar-refractivity contribution is 5.81. The van der Waals surface area contributed by atoms with Crippen LogP contribution in [0.5, 0.6) is 0 Å². The van der Waals surface area contributed by atoms with Gasteiger partial charge in [0.1, 0.15) is 24.1 Å². The molecular weight excluding hydrogens is 738 g/mol. The van der Waals surface area contributed by atoms with E-state index in [-0.39, 0.29) is 69.5 Å². The fraction of sp³-hybridized carbons (Fsp3) is 0.846. The van der Waals surface area contributed by atoms with Crippen LogP contribution in [0.15, 0.2) is 24.3 Å². The van der Waals surface area contributed by atoms with Gasteiger partial charge in [-0.3, -0.25) is 9.59 Å². The van der Waals surface area contributed by atoms with E-state index in [4.69, 9.17) is 9.47 Å². The van der Waals surface area contributed by atoms with E-state index >= 15 is 0 Å². The molecule has 0 saturated carbocycles. The first kappa shape index (κ1) is 52.1. The number of hydrogen-bond donors (Lipinski definition) is 13. The number of amides is 1. The fourth-order valence-corrected chi connectivity index (χ4v) is 6.53. The third-order valence-corrected chi connectivity index (χ3v) is 9.85. The van der Waals surface area contributed by atoms with E-state index < -0.39 is 97.7 Å². The van der Waals surface area contributed by atoms with Gasteiger partial charge in [-0.25, -0.2) is 0 Å². The van der Waals surface area contributed by atoms with Gasteiger partial charge >= 0.3 is 0 Å². The predicted molar refractivity (Wildman–Crippen MR) is 204 cm³/mol. The summed E-state index contributed by atoms with van der Waals surface area (Å²) in [7, 11) is 0. The van der Waals surface area contributed by atoms with Crippen molar-refractivity contribution >= 4 is 11.7 Å². The molecule has 1 amide bonds. The highest BCUT2D eigenvalue weighted by atomic mass is 16.7. The fourth-order valence-electron chi connectivity index (χ4n) is 6.53. The van der Waals surface area contributed by atoms with E-state index in [1.54, 1.807) is 19.9 Å². The van der Waals surface area contributed by atoms with Crippen LogP contribution in [0.4, 0.5) is 0 Å². The summed E-state index contributed by atoms with van der Waals surface area (Å²) < 4.78 is 11.2. The minimum Gasteiger partial charge on any atom is -0.393 e. The monoisotopic (exact) mass is 809 g/mol. The summed E-state index contributed by atoms with van der Waals surface area (Å²) in [6.07, 6.45) is -10.00. The van der Waals surface area contributed by atoms with Crippen molar-refractivity contribution in [3.05, 3.63) is 24.3 Å². The van der Waals surface area contributed by atoms with Gasteiger partial charge in [0.05, 0.1) is 67.1 Å². The lowest BCUT2D eigenvalue weighted by Crippen LogP contribution is -2.58. The van der Waals surface area contributed by atoms with Gasteiger partial charge in [0.25, 0.3) is 0 Å². The summed E-state index contributed by atoms with van der Waals surface area (Å²) in [5, 5.41) is 125. The lowest BCUT2D eigenvalue weighted by molar-refractivity contribution is -0.306. The lowest BCUT2D eigenvalue weighted by atomic mass is 9.91. The van der Waals surface area contributed by atoms with Gasteiger partial charge < -0.3 is 76.1 Å². The molecule has 1 fully saturated rings. The average molecular weight is 810 g/mol. The standard InChI is InChI=1S/C39H71NO16/c1-5-35(56-39-38(54)37(53)36(52)23(3)55-39)22(2)34(51)21-33(50)20-32(49)18-28(45)12-7-11-27(44)17-31(48)19-30(47)16-26(43)10-6-9-25(42)15-29(46)13-8-14-40-24(4)41/h6-7,10,12,22-23,25-33,35-39,42-50,52-54H,5,8-9,11,13-21H2,1-4H3,(H,40,41)/b10-6+,12-7+. The van der Waals surface area contributed by atoms with E-state index in [0.29, 0.717) is 25.8 Å². The number of aliphatic hydroxyl groups is 12. The van der Waals surface area contributed by atoms with Crippen molar-refractivity contribution in [2.75, 3.05) is 6.54 Å². The molecule has 0 spiro atoms. The highest BCUT2D eigenvalue weighted by Gasteiger charge is 2.44. The lowest BCUT2D eigenvalue weighted by Gasteiger charge is -2.40. The van der Waals surface area contributed by atoms with Crippen molar-refractivity contribution in [2.24, 2.45) is 5.92 Å². The molecule has 0 aromatic heterocycles. The van der Waals surface area contributed by atoms with Gasteiger partial charge in [0.15, 0.2) is 6.29 Å². The number of ketones is 1. The molecule has 0 bridgehead atoms. The second-order valence-corrected chi connectivity index (χ2v) is 15.3. The average Bonchev–Trinajstić information content (AvgIpc) is 3.09. The minimum atomic E-state index is -1.53. The van der Waals surface area contributed by atoms with Crippen LogP contribution in [-0.2, 0) is 19.1 Å². The quantitative estimate of drug-likeness (QED) is 0.0305. The van der Waals surface area contributed by atoms with Gasteiger partial charge in [0.2, 0.25) is 5.91 Å². The third kappa shape index (κ3) is 21.7. The number of hydrogen-bond acceptors (Lipinski definition) is 16. The number of rotatable bonds is 29. The zero-order valence-electron chi connectivity index (χ0n) is 33.2. The van der Waals surface area contributed by atoms with Crippen molar-refractivity contribution < 1.29 is 80.3 Å². The summed E-state index contributed by atoms with van der Waals surface area (Å²) in [6.45, 7) is 6.69. The number of Topliss-reactive ketones (excluding diaryl/α,β-unsaturated/α-hetero) is 1. The molecule has 17 heteroatoms. The second-order valence-electron chi connectivity index (χ2n) is 15.3. The van der Waals surface area contributed by atoms with Crippen LogP contribution >= 0.6 is 0 Å². The Morgan fingerprint density at radius 3 is 1.70 bits per heavy atom. The Balaban J connectivity index is 2.35. The van der Waals surface area contributed by atoms with Gasteiger partial charge in [-0.1, -0.05) is 38.2 Å². The van der Waals surface area contributed by atoms with Crippen molar-refractivity contribution in [3.63, 3.8) is 0 Å². The van der Waals surface area contributed by atoms with Crippen LogP contribution < -0.4 is 5.32 Å². The summed E-state index contributed by atoms with van der Waals surface area (Å²) in [5.74, 6) is -1.27. The topological polar surface area (TPSA) is 307 Å². The molecular formula is C39H71NO16. The minimum absolute atomic E-state index is 0.0507. The Bertz CT molecular complexity index is 1140. The van der Waals surface area contributed by atoms with Crippen LogP contribution in [0.2, 0.25) is 0 Å². The second kappa shape index (κ2) is 27.7. The molecule has 56 heavy (non-hydrogen) atoms. The summed E-state index contributed by atoms with van der Waals surface area (Å²) >= 11 is 0. The van der Waals surface area contributed by atoms with Gasteiger partial charge in [-0.2, -0.15) is 0 Å². The molecule has 1 rings (SSSR count). The zero-order valence-corrected chi connectivity index (χ0v) is 33.2. The molecule has 0 aromatic carbocycles. The molecule has 16 unspecified atom stereocenters. The maximum atomic E-state index is 12.9. The molecule has 1 aliphatic heterocycles. The molecule has 1 aliphatic rings. The molecule has 1 saturated heterocycles. The van der Waals surface area contributed by atoms with Crippen molar-refractivity contribution in [1.29, 1.82) is 0 Å². The Morgan fingerprint density at radius 1 is 0.696 bits per heavy atom. The molecule has 16 atom stereocenters. The maximum Gasteiger partial charge on any atom is 0.216 e. The molecule has 328 valence electrons. The Kier molecular flexibility index (Phi) is 25.8. The molecule has 13 N–H and O–H groups in total. The van der Waals surface area contributed by atoms with Crippen molar-refractivity contribution in [2.45, 2.75) is 196 Å². The van der Waals surface area contributed by atoms with Gasteiger partial charge in [-0.15, -0.1) is 0 Å². The predicted octanol–water partition coefficient (Wildman–Crippen LogP) is -1.40. The first-order chi connectivity index (χ1) is 26.2. The first-order valence-electron chi connectivity index (χ1n) is 19.8. The number of nitrogens with one attached hydrogen (secondary N) is 1. The number of ether oxygens (including phenoxy) is 2. The van der Waals surface area contributed by atoms with Crippen LogP contribution in [0.3, 0.4) is 0 Å². The van der Waals surface area contributed by atoms with E-state index in [1.165, 1.54) is 32.1 Å². The van der Waals surface area contributed by atoms with E-state index in [2.05, 4.69) is 5.32 Å². The summed E-state index contributed by atoms with van der Waals surface area (Å²) in [5.41, 5.74) is 0. The number of carbonyl (C=O) groups excluding carboxylic acids is 2. The molecule has 0 aliphatic carbocycles. The molecule has 0 aromatic rings. The maximum absolute atomic E-state index is 12.9. The van der Waals surface area contributed by atoms with E-state index in [9.17, 15) is 70.9 Å². The van der Waals surface area contributed by atoms with Gasteiger partial charge in [-0.05, 0) is 64.7 Å². The Labute approximate surface area is 330 Å². The molecule has 17 nitrogen and oxygen atoms in total. The highest BCUT2D eigenvalue weighted by Crippen LogP contribution is 2.26. The molecule has 1 heterocycles. The third-order valence-electron chi connectivity index (χ3n) is 9.85. The van der Waals surface area contributed by atoms with Crippen LogP contribution in [0.25, 0.3) is 0 Å². The number of carbonyl (C=O) groups is 2. The number of aliphatic hydroxyl groups excluding tert-OH is 12. The summed E-state index contributed by atoms with van der Waals surface area (Å²) in [6, 6.07) is 0. The Hall–Kier alpha value is -1.94. The summed E-state index contributed by atoms with van der Waals surface area (Å²) in [4.78, 5) is 23.8. The smallest absolute Gasteiger partial charge is 0.216 e. The first-order valence-corrected chi connectivity index (χ1v) is 19.8. The molecule has 0 radical (unpaired) electrons. The SMILES string of the molecule is CCC(OC1OC(C)C(O)C(O)C1O)C(C)C(=O)CC(O)CC(O)CC(O)/C=C/CC(O)CC(O)CC(O)CC(O)/C=C/CC(O)CC(O)CCCNC(C)=O. The van der Waals surface area contributed by atoms with E-state index in [1.807, 2.05) is 0 Å². The largest absolute Gasteiger partial charge is 0.393 e.